The highest BCUT2D eigenvalue weighted by molar-refractivity contribution is 6.04. The van der Waals surface area contributed by atoms with Crippen LogP contribution in [0.2, 0.25) is 0 Å². The SMILES string of the molecule is Cn1c2ccccc2c2nnc(N3CCOCC3)nc21. The summed E-state index contributed by atoms with van der Waals surface area (Å²) in [7, 11) is 2.02. The molecule has 0 spiro atoms. The molecule has 0 bridgehead atoms. The van der Waals surface area contributed by atoms with Gasteiger partial charge < -0.3 is 14.2 Å². The number of anilines is 1. The molecule has 20 heavy (non-hydrogen) atoms. The summed E-state index contributed by atoms with van der Waals surface area (Å²) in [6, 6.07) is 8.17. The van der Waals surface area contributed by atoms with Crippen molar-refractivity contribution in [1.82, 2.24) is 19.7 Å². The molecule has 0 N–H and O–H groups in total. The van der Waals surface area contributed by atoms with E-state index in [1.54, 1.807) is 0 Å². The van der Waals surface area contributed by atoms with E-state index in [4.69, 9.17) is 9.72 Å². The van der Waals surface area contributed by atoms with Gasteiger partial charge in [0.2, 0.25) is 5.95 Å². The summed E-state index contributed by atoms with van der Waals surface area (Å²) in [6.07, 6.45) is 0. The van der Waals surface area contributed by atoms with E-state index >= 15 is 0 Å². The average Bonchev–Trinajstić information content (AvgIpc) is 2.81. The summed E-state index contributed by atoms with van der Waals surface area (Å²) >= 11 is 0. The fourth-order valence-corrected chi connectivity index (χ4v) is 2.70. The summed E-state index contributed by atoms with van der Waals surface area (Å²) in [5, 5.41) is 9.78. The number of fused-ring (bicyclic) bond motifs is 3. The molecule has 2 aromatic heterocycles. The van der Waals surface area contributed by atoms with Crippen molar-refractivity contribution in [2.45, 2.75) is 0 Å². The van der Waals surface area contributed by atoms with Crippen LogP contribution < -0.4 is 4.90 Å². The lowest BCUT2D eigenvalue weighted by atomic mass is 10.2. The predicted molar refractivity (Wildman–Crippen MR) is 76.8 cm³/mol. The van der Waals surface area contributed by atoms with E-state index in [9.17, 15) is 0 Å². The van der Waals surface area contributed by atoms with E-state index in [-0.39, 0.29) is 0 Å². The van der Waals surface area contributed by atoms with Crippen molar-refractivity contribution in [3.63, 3.8) is 0 Å². The smallest absolute Gasteiger partial charge is 0.247 e. The molecular weight excluding hydrogens is 254 g/mol. The van der Waals surface area contributed by atoms with Crippen molar-refractivity contribution < 1.29 is 4.74 Å². The van der Waals surface area contributed by atoms with Crippen LogP contribution in [0.1, 0.15) is 0 Å². The lowest BCUT2D eigenvalue weighted by molar-refractivity contribution is 0.122. The maximum atomic E-state index is 5.36. The van der Waals surface area contributed by atoms with E-state index in [0.29, 0.717) is 5.95 Å². The van der Waals surface area contributed by atoms with Gasteiger partial charge in [-0.3, -0.25) is 0 Å². The average molecular weight is 269 g/mol. The molecule has 102 valence electrons. The highest BCUT2D eigenvalue weighted by Crippen LogP contribution is 2.25. The first kappa shape index (κ1) is 11.6. The Morgan fingerprint density at radius 3 is 2.75 bits per heavy atom. The standard InChI is InChI=1S/C14H15N5O/c1-18-11-5-3-2-4-10(11)12-13(18)15-14(17-16-12)19-6-8-20-9-7-19/h2-5H,6-9H2,1H3. The largest absolute Gasteiger partial charge is 0.378 e. The second-order valence-electron chi connectivity index (χ2n) is 4.96. The second-order valence-corrected chi connectivity index (χ2v) is 4.96. The maximum absolute atomic E-state index is 5.36. The molecule has 1 aliphatic heterocycles. The Bertz CT molecular complexity index is 776. The molecule has 0 amide bonds. The van der Waals surface area contributed by atoms with Crippen LogP contribution in [-0.2, 0) is 11.8 Å². The Hall–Kier alpha value is -2.21. The van der Waals surface area contributed by atoms with Crippen LogP contribution in [-0.4, -0.2) is 46.1 Å². The zero-order valence-corrected chi connectivity index (χ0v) is 11.3. The van der Waals surface area contributed by atoms with Crippen LogP contribution >= 0.6 is 0 Å². The van der Waals surface area contributed by atoms with Crippen molar-refractivity contribution >= 4 is 28.0 Å². The number of aromatic nitrogens is 4. The molecule has 0 saturated carbocycles. The fourth-order valence-electron chi connectivity index (χ4n) is 2.70. The highest BCUT2D eigenvalue weighted by atomic mass is 16.5. The first-order chi connectivity index (χ1) is 9.84. The van der Waals surface area contributed by atoms with E-state index in [2.05, 4.69) is 31.8 Å². The first-order valence-electron chi connectivity index (χ1n) is 6.75. The van der Waals surface area contributed by atoms with Gasteiger partial charge in [0.15, 0.2) is 5.65 Å². The fraction of sp³-hybridized carbons (Fsp3) is 0.357. The number of para-hydroxylation sites is 1. The van der Waals surface area contributed by atoms with Gasteiger partial charge >= 0.3 is 0 Å². The molecule has 0 unspecified atom stereocenters. The van der Waals surface area contributed by atoms with Crippen molar-refractivity contribution in [3.8, 4) is 0 Å². The lowest BCUT2D eigenvalue weighted by Gasteiger charge is -2.26. The molecule has 0 atom stereocenters. The topological polar surface area (TPSA) is 56.1 Å². The predicted octanol–water partition coefficient (Wildman–Crippen LogP) is 1.35. The number of benzene rings is 1. The number of aryl methyl sites for hydroxylation is 1. The molecule has 0 aliphatic carbocycles. The zero-order valence-electron chi connectivity index (χ0n) is 11.3. The molecule has 6 nitrogen and oxygen atoms in total. The minimum Gasteiger partial charge on any atom is -0.378 e. The number of morpholine rings is 1. The minimum absolute atomic E-state index is 0.687. The van der Waals surface area contributed by atoms with Gasteiger partial charge in [0.25, 0.3) is 0 Å². The molecule has 1 aromatic carbocycles. The molecule has 3 heterocycles. The van der Waals surface area contributed by atoms with Gasteiger partial charge in [-0.05, 0) is 6.07 Å². The number of hydrogen-bond donors (Lipinski definition) is 0. The normalized spacial score (nSPS) is 16.1. The minimum atomic E-state index is 0.687. The summed E-state index contributed by atoms with van der Waals surface area (Å²) in [6.45, 7) is 3.07. The monoisotopic (exact) mass is 269 g/mol. The van der Waals surface area contributed by atoms with Crippen molar-refractivity contribution in [1.29, 1.82) is 0 Å². The van der Waals surface area contributed by atoms with Crippen LogP contribution in [0.4, 0.5) is 5.95 Å². The molecule has 3 aromatic rings. The number of rotatable bonds is 1. The summed E-state index contributed by atoms with van der Waals surface area (Å²) in [5.41, 5.74) is 2.87. The summed E-state index contributed by atoms with van der Waals surface area (Å²) < 4.78 is 7.43. The Kier molecular flexibility index (Phi) is 2.56. The van der Waals surface area contributed by atoms with Crippen LogP contribution in [0.25, 0.3) is 22.1 Å². The third-order valence-corrected chi connectivity index (χ3v) is 3.79. The summed E-state index contributed by atoms with van der Waals surface area (Å²) in [4.78, 5) is 6.81. The Morgan fingerprint density at radius 2 is 1.90 bits per heavy atom. The van der Waals surface area contributed by atoms with Crippen molar-refractivity contribution in [2.75, 3.05) is 31.2 Å². The molecule has 4 rings (SSSR count). The molecule has 0 radical (unpaired) electrons. The molecule has 1 aliphatic rings. The highest BCUT2D eigenvalue weighted by Gasteiger charge is 2.17. The van der Waals surface area contributed by atoms with E-state index in [1.165, 1.54) is 0 Å². The maximum Gasteiger partial charge on any atom is 0.247 e. The second kappa shape index (κ2) is 4.42. The van der Waals surface area contributed by atoms with Gasteiger partial charge in [0.1, 0.15) is 5.52 Å². The van der Waals surface area contributed by atoms with Gasteiger partial charge in [-0.25, -0.2) is 0 Å². The van der Waals surface area contributed by atoms with Crippen LogP contribution in [0, 0.1) is 0 Å². The van der Waals surface area contributed by atoms with Crippen molar-refractivity contribution in [2.24, 2.45) is 7.05 Å². The third-order valence-electron chi connectivity index (χ3n) is 3.79. The van der Waals surface area contributed by atoms with Gasteiger partial charge in [-0.2, -0.15) is 4.98 Å². The number of ether oxygens (including phenoxy) is 1. The van der Waals surface area contributed by atoms with Gasteiger partial charge in [-0.1, -0.05) is 18.2 Å². The van der Waals surface area contributed by atoms with Crippen LogP contribution in [0.5, 0.6) is 0 Å². The van der Waals surface area contributed by atoms with E-state index in [1.807, 2.05) is 19.2 Å². The Balaban J connectivity index is 1.90. The lowest BCUT2D eigenvalue weighted by Crippen LogP contribution is -2.37. The van der Waals surface area contributed by atoms with Crippen LogP contribution in [0.3, 0.4) is 0 Å². The number of hydrogen-bond acceptors (Lipinski definition) is 5. The quantitative estimate of drug-likeness (QED) is 0.667. The molecule has 1 saturated heterocycles. The van der Waals surface area contributed by atoms with Gasteiger partial charge in [0, 0.05) is 25.5 Å². The molecule has 1 fully saturated rings. The number of nitrogens with zero attached hydrogens (tertiary/aromatic N) is 5. The first-order valence-corrected chi connectivity index (χ1v) is 6.75. The van der Waals surface area contributed by atoms with E-state index in [0.717, 1.165) is 48.4 Å². The van der Waals surface area contributed by atoms with Gasteiger partial charge in [0.05, 0.1) is 18.7 Å². The Morgan fingerprint density at radius 1 is 1.10 bits per heavy atom. The summed E-state index contributed by atoms with van der Waals surface area (Å²) in [5.74, 6) is 0.687. The van der Waals surface area contributed by atoms with Gasteiger partial charge in [-0.15, -0.1) is 10.2 Å². The molecule has 6 heteroatoms. The zero-order chi connectivity index (χ0) is 13.5. The molecular formula is C14H15N5O. The van der Waals surface area contributed by atoms with E-state index < -0.39 is 0 Å². The van der Waals surface area contributed by atoms with Crippen LogP contribution in [0.15, 0.2) is 24.3 Å². The van der Waals surface area contributed by atoms with Crippen molar-refractivity contribution in [3.05, 3.63) is 24.3 Å². The third kappa shape index (κ3) is 1.65. The Labute approximate surface area is 116 Å².